The summed E-state index contributed by atoms with van der Waals surface area (Å²) in [7, 11) is 0. The van der Waals surface area contributed by atoms with Gasteiger partial charge in [0.1, 0.15) is 17.5 Å². The van der Waals surface area contributed by atoms with E-state index in [1.807, 2.05) is 4.57 Å². The first-order chi connectivity index (χ1) is 17.2. The summed E-state index contributed by atoms with van der Waals surface area (Å²) in [5, 5.41) is 11.8. The first-order valence-electron chi connectivity index (χ1n) is 12.0. The van der Waals surface area contributed by atoms with Crippen LogP contribution < -0.4 is 10.1 Å². The third-order valence-electron chi connectivity index (χ3n) is 6.75. The molecule has 36 heavy (non-hydrogen) atoms. The summed E-state index contributed by atoms with van der Waals surface area (Å²) in [5.74, 6) is 0.498. The van der Waals surface area contributed by atoms with E-state index in [9.17, 15) is 22.4 Å². The molecule has 2 aromatic rings. The van der Waals surface area contributed by atoms with Crippen molar-refractivity contribution in [3.8, 4) is 5.88 Å². The summed E-state index contributed by atoms with van der Waals surface area (Å²) in [6.45, 7) is 2.74. The number of anilines is 1. The lowest BCUT2D eigenvalue weighted by atomic mass is 9.85. The van der Waals surface area contributed by atoms with Crippen molar-refractivity contribution in [1.29, 1.82) is 0 Å². The molecule has 1 aliphatic carbocycles. The van der Waals surface area contributed by atoms with Gasteiger partial charge in [-0.2, -0.15) is 18.2 Å². The average molecular weight is 513 g/mol. The maximum atomic E-state index is 13.4. The highest BCUT2D eigenvalue weighted by Gasteiger charge is 2.38. The van der Waals surface area contributed by atoms with E-state index in [1.165, 1.54) is 11.8 Å². The smallest absolute Gasteiger partial charge is 0.423 e. The highest BCUT2D eigenvalue weighted by molar-refractivity contribution is 5.80. The minimum atomic E-state index is -4.64. The second-order valence-electron chi connectivity index (χ2n) is 9.39. The summed E-state index contributed by atoms with van der Waals surface area (Å²) in [4.78, 5) is 21.4. The van der Waals surface area contributed by atoms with Crippen molar-refractivity contribution in [1.82, 2.24) is 29.6 Å². The quantitative estimate of drug-likeness (QED) is 0.588. The molecular weight excluding hydrogens is 486 g/mol. The molecule has 1 saturated carbocycles. The molecule has 196 valence electrons. The zero-order valence-corrected chi connectivity index (χ0v) is 19.7. The number of fused-ring (bicyclic) bond motifs is 1. The van der Waals surface area contributed by atoms with E-state index in [4.69, 9.17) is 9.47 Å². The van der Waals surface area contributed by atoms with Crippen LogP contribution >= 0.6 is 0 Å². The Balaban J connectivity index is 1.27. The molecule has 1 unspecified atom stereocenters. The van der Waals surface area contributed by atoms with Gasteiger partial charge in [0.2, 0.25) is 11.8 Å². The van der Waals surface area contributed by atoms with Gasteiger partial charge in [-0.25, -0.2) is 9.37 Å². The van der Waals surface area contributed by atoms with Gasteiger partial charge in [-0.3, -0.25) is 4.79 Å². The van der Waals surface area contributed by atoms with Gasteiger partial charge in [0, 0.05) is 31.2 Å². The van der Waals surface area contributed by atoms with Crippen molar-refractivity contribution in [3.05, 3.63) is 23.4 Å². The molecule has 0 spiro atoms. The molecule has 1 N–H and O–H groups in total. The molecule has 0 aromatic carbocycles. The Morgan fingerprint density at radius 1 is 1.25 bits per heavy atom. The number of hydrogen-bond donors (Lipinski definition) is 1. The van der Waals surface area contributed by atoms with Crippen molar-refractivity contribution in [3.63, 3.8) is 0 Å². The fraction of sp³-hybridized carbons (Fsp3) is 0.682. The van der Waals surface area contributed by atoms with E-state index in [2.05, 4.69) is 25.5 Å². The minimum Gasteiger partial charge on any atom is -0.469 e. The van der Waals surface area contributed by atoms with Crippen LogP contribution in [0.25, 0.3) is 0 Å². The largest absolute Gasteiger partial charge is 0.469 e. The second-order valence-corrected chi connectivity index (χ2v) is 9.39. The topological polar surface area (TPSA) is 107 Å². The van der Waals surface area contributed by atoms with E-state index in [-0.39, 0.29) is 37.7 Å². The van der Waals surface area contributed by atoms with Crippen molar-refractivity contribution < 1.29 is 31.8 Å². The van der Waals surface area contributed by atoms with Gasteiger partial charge >= 0.3 is 6.18 Å². The summed E-state index contributed by atoms with van der Waals surface area (Å²) in [6.07, 6.45) is -2.71. The Kier molecular flexibility index (Phi) is 6.70. The van der Waals surface area contributed by atoms with Crippen molar-refractivity contribution in [2.75, 3.05) is 25.1 Å². The van der Waals surface area contributed by atoms with Crippen molar-refractivity contribution in [2.45, 2.75) is 76.1 Å². The minimum absolute atomic E-state index is 0.0668. The van der Waals surface area contributed by atoms with Crippen LogP contribution in [0.15, 0.2) is 6.20 Å². The lowest BCUT2D eigenvalue weighted by Crippen LogP contribution is -2.42. The van der Waals surface area contributed by atoms with Gasteiger partial charge in [-0.15, -0.1) is 10.2 Å². The van der Waals surface area contributed by atoms with E-state index in [1.54, 1.807) is 0 Å². The zero-order chi connectivity index (χ0) is 25.4. The SMILES string of the molecule is C[C@@H](F)C(=O)N1CCn2c(nnc2[C@H]2CCCC(Nc3ncc(C(F)(F)F)c(OC4COC4)n3)C2)C1. The highest BCUT2D eigenvalue weighted by Crippen LogP contribution is 2.37. The number of nitrogens with zero attached hydrogens (tertiary/aromatic N) is 6. The molecular formula is C22H27F4N7O3. The molecule has 10 nitrogen and oxygen atoms in total. The monoisotopic (exact) mass is 513 g/mol. The van der Waals surface area contributed by atoms with Crippen LogP contribution in [0.4, 0.5) is 23.5 Å². The number of ether oxygens (including phenoxy) is 2. The number of nitrogens with one attached hydrogen (secondary N) is 1. The van der Waals surface area contributed by atoms with Crippen LogP contribution in [0.3, 0.4) is 0 Å². The number of rotatable bonds is 6. The third-order valence-corrected chi connectivity index (χ3v) is 6.75. The molecule has 4 heterocycles. The normalized spacial score (nSPS) is 23.5. The number of hydrogen-bond acceptors (Lipinski definition) is 8. The lowest BCUT2D eigenvalue weighted by molar-refractivity contribution is -0.142. The van der Waals surface area contributed by atoms with Crippen LogP contribution in [0.1, 0.15) is 55.7 Å². The fourth-order valence-corrected chi connectivity index (χ4v) is 4.82. The van der Waals surface area contributed by atoms with E-state index < -0.39 is 35.8 Å². The molecule has 2 aliphatic heterocycles. The number of carbonyl (C=O) groups is 1. The lowest BCUT2D eigenvalue weighted by Gasteiger charge is -2.32. The summed E-state index contributed by atoms with van der Waals surface area (Å²) >= 11 is 0. The Morgan fingerprint density at radius 3 is 2.75 bits per heavy atom. The molecule has 1 amide bonds. The zero-order valence-electron chi connectivity index (χ0n) is 19.7. The van der Waals surface area contributed by atoms with E-state index in [0.717, 1.165) is 31.3 Å². The van der Waals surface area contributed by atoms with Gasteiger partial charge in [-0.05, 0) is 26.2 Å². The summed E-state index contributed by atoms with van der Waals surface area (Å²) < 4.78 is 66.0. The van der Waals surface area contributed by atoms with Gasteiger partial charge < -0.3 is 24.3 Å². The molecule has 14 heteroatoms. The second kappa shape index (κ2) is 9.79. The van der Waals surface area contributed by atoms with E-state index >= 15 is 0 Å². The van der Waals surface area contributed by atoms with Gasteiger partial charge in [-0.1, -0.05) is 6.42 Å². The van der Waals surface area contributed by atoms with Crippen LogP contribution in [0.2, 0.25) is 0 Å². The van der Waals surface area contributed by atoms with Crippen LogP contribution in [0.5, 0.6) is 5.88 Å². The standard InChI is InChI=1S/C22H27F4N7O3/c1-12(23)20(34)32-5-6-33-17(9-32)30-31-18(33)13-3-2-4-14(7-13)28-21-27-8-16(22(24,25)26)19(29-21)36-15-10-35-11-15/h8,12-15H,2-7,9-11H2,1H3,(H,27,28,29)/t12-,13+,14?/m1/s1. The first-order valence-corrected chi connectivity index (χ1v) is 12.0. The average Bonchev–Trinajstić information content (AvgIpc) is 3.24. The highest BCUT2D eigenvalue weighted by atomic mass is 19.4. The Labute approximate surface area is 204 Å². The molecule has 2 fully saturated rings. The fourth-order valence-electron chi connectivity index (χ4n) is 4.82. The number of carbonyl (C=O) groups excluding carboxylic acids is 1. The van der Waals surface area contributed by atoms with Gasteiger partial charge in [0.05, 0.1) is 19.8 Å². The molecule has 2 aromatic heterocycles. The van der Waals surface area contributed by atoms with Crippen LogP contribution in [-0.4, -0.2) is 73.6 Å². The Bertz CT molecular complexity index is 1110. The molecule has 0 bridgehead atoms. The van der Waals surface area contributed by atoms with Gasteiger partial charge in [0.25, 0.3) is 5.91 Å². The van der Waals surface area contributed by atoms with Crippen molar-refractivity contribution >= 4 is 11.9 Å². The third kappa shape index (κ3) is 5.08. The number of amides is 1. The van der Waals surface area contributed by atoms with Gasteiger partial charge in [0.15, 0.2) is 12.0 Å². The Hall–Kier alpha value is -3.03. The maximum absolute atomic E-state index is 13.4. The predicted octanol–water partition coefficient (Wildman–Crippen LogP) is 2.70. The maximum Gasteiger partial charge on any atom is 0.423 e. The van der Waals surface area contributed by atoms with Crippen LogP contribution in [0, 0.1) is 0 Å². The molecule has 0 radical (unpaired) electrons. The van der Waals surface area contributed by atoms with Crippen molar-refractivity contribution in [2.24, 2.45) is 0 Å². The summed E-state index contributed by atoms with van der Waals surface area (Å²) in [6, 6.07) is -0.0811. The predicted molar refractivity (Wildman–Crippen MR) is 117 cm³/mol. The van der Waals surface area contributed by atoms with E-state index in [0.29, 0.717) is 25.3 Å². The summed E-state index contributed by atoms with van der Waals surface area (Å²) in [5.41, 5.74) is -1.02. The molecule has 3 atom stereocenters. The first kappa shape index (κ1) is 24.7. The number of halogens is 4. The molecule has 1 saturated heterocycles. The number of aromatic nitrogens is 5. The Morgan fingerprint density at radius 2 is 2.06 bits per heavy atom. The molecule has 5 rings (SSSR count). The van der Waals surface area contributed by atoms with Crippen LogP contribution in [-0.2, 0) is 28.8 Å². The number of alkyl halides is 4. The molecule has 3 aliphatic rings.